The molecule has 258 valence electrons. The number of aromatic nitrogens is 3. The Labute approximate surface area is 319 Å². The molecule has 4 nitrogen and oxygen atoms in total. The molecule has 10 rings (SSSR count). The number of benzene rings is 7. The summed E-state index contributed by atoms with van der Waals surface area (Å²) in [6.45, 7) is 0. The van der Waals surface area contributed by atoms with Gasteiger partial charge in [0.2, 0.25) is 0 Å². The van der Waals surface area contributed by atoms with Crippen molar-refractivity contribution >= 4 is 21.9 Å². The zero-order valence-electron chi connectivity index (χ0n) is 29.8. The lowest BCUT2D eigenvalue weighted by Crippen LogP contribution is -1.96. The van der Waals surface area contributed by atoms with Crippen LogP contribution in [0.15, 0.2) is 205 Å². The van der Waals surface area contributed by atoms with Gasteiger partial charge in [0.25, 0.3) is 0 Å². The topological polar surface area (TPSA) is 51.8 Å². The summed E-state index contributed by atoms with van der Waals surface area (Å²) < 4.78 is 7.16. The molecule has 0 bridgehead atoms. The van der Waals surface area contributed by atoms with Gasteiger partial charge in [0.05, 0.1) is 16.9 Å². The summed E-state index contributed by atoms with van der Waals surface area (Å²) in [6.07, 6.45) is 0. The van der Waals surface area contributed by atoms with Crippen LogP contribution in [0.5, 0.6) is 0 Å². The van der Waals surface area contributed by atoms with E-state index in [9.17, 15) is 0 Å². The predicted octanol–water partition coefficient (Wildman–Crippen LogP) is 13.4. The molecule has 0 aliphatic heterocycles. The molecule has 0 amide bonds. The lowest BCUT2D eigenvalue weighted by Gasteiger charge is -2.11. The van der Waals surface area contributed by atoms with Gasteiger partial charge in [-0.1, -0.05) is 176 Å². The maximum atomic E-state index is 7.16. The Morgan fingerprint density at radius 1 is 0.345 bits per heavy atom. The van der Waals surface area contributed by atoms with Crippen LogP contribution in [-0.4, -0.2) is 15.0 Å². The van der Waals surface area contributed by atoms with Crippen molar-refractivity contribution in [2.45, 2.75) is 0 Å². The minimum absolute atomic E-state index is 0.676. The largest absolute Gasteiger partial charge is 0.453 e. The van der Waals surface area contributed by atoms with E-state index in [0.29, 0.717) is 5.82 Å². The maximum Gasteiger partial charge on any atom is 0.162 e. The van der Waals surface area contributed by atoms with Crippen molar-refractivity contribution in [1.82, 2.24) is 15.0 Å². The highest BCUT2D eigenvalue weighted by Crippen LogP contribution is 2.47. The number of fused-ring (bicyclic) bond motifs is 3. The Bertz CT molecular complexity index is 2900. The van der Waals surface area contributed by atoms with Crippen LogP contribution in [-0.2, 0) is 0 Å². The van der Waals surface area contributed by atoms with Crippen LogP contribution in [0.3, 0.4) is 0 Å². The van der Waals surface area contributed by atoms with Crippen molar-refractivity contribution in [3.05, 3.63) is 200 Å². The van der Waals surface area contributed by atoms with E-state index >= 15 is 0 Å². The summed E-state index contributed by atoms with van der Waals surface area (Å²) >= 11 is 0. The molecule has 0 aliphatic rings. The third-order valence-electron chi connectivity index (χ3n) is 10.1. The summed E-state index contributed by atoms with van der Waals surface area (Å²) in [5.41, 5.74) is 13.5. The number of nitrogens with zero attached hydrogens (tertiary/aromatic N) is 3. The molecule has 0 saturated carbocycles. The van der Waals surface area contributed by atoms with E-state index in [0.717, 1.165) is 94.8 Å². The third-order valence-corrected chi connectivity index (χ3v) is 10.1. The summed E-state index contributed by atoms with van der Waals surface area (Å²) in [7, 11) is 0. The van der Waals surface area contributed by atoms with Gasteiger partial charge >= 0.3 is 0 Å². The number of para-hydroxylation sites is 1. The van der Waals surface area contributed by atoms with Crippen molar-refractivity contribution in [3.63, 3.8) is 0 Å². The van der Waals surface area contributed by atoms with E-state index in [4.69, 9.17) is 19.4 Å². The molecule has 0 spiro atoms. The van der Waals surface area contributed by atoms with Crippen molar-refractivity contribution in [2.24, 2.45) is 0 Å². The van der Waals surface area contributed by atoms with Crippen LogP contribution in [0.25, 0.3) is 101 Å². The van der Waals surface area contributed by atoms with Gasteiger partial charge in [-0.05, 0) is 41.0 Å². The second-order valence-electron chi connectivity index (χ2n) is 13.6. The molecular weight excluding hydrogens is 671 g/mol. The Hall–Kier alpha value is -7.43. The Morgan fingerprint density at radius 2 is 0.855 bits per heavy atom. The Balaban J connectivity index is 1.23. The van der Waals surface area contributed by atoms with Gasteiger partial charge < -0.3 is 4.42 Å². The lowest BCUT2D eigenvalue weighted by molar-refractivity contribution is 0.632. The molecular formula is C51H33N3O. The second-order valence-corrected chi connectivity index (χ2v) is 13.6. The molecule has 55 heavy (non-hydrogen) atoms. The van der Waals surface area contributed by atoms with Crippen LogP contribution >= 0.6 is 0 Å². The summed E-state index contributed by atoms with van der Waals surface area (Å²) in [5.74, 6) is 1.45. The van der Waals surface area contributed by atoms with Crippen LogP contribution in [0.4, 0.5) is 0 Å². The lowest BCUT2D eigenvalue weighted by atomic mass is 9.93. The summed E-state index contributed by atoms with van der Waals surface area (Å²) in [4.78, 5) is 15.4. The molecule has 0 fully saturated rings. The third kappa shape index (κ3) is 6.06. The first-order valence-corrected chi connectivity index (χ1v) is 18.4. The van der Waals surface area contributed by atoms with Crippen molar-refractivity contribution in [1.29, 1.82) is 0 Å². The quantitative estimate of drug-likeness (QED) is 0.166. The smallest absolute Gasteiger partial charge is 0.162 e. The minimum atomic E-state index is 0.676. The monoisotopic (exact) mass is 703 g/mol. The van der Waals surface area contributed by atoms with Gasteiger partial charge in [-0.25, -0.2) is 15.0 Å². The zero-order chi connectivity index (χ0) is 36.6. The van der Waals surface area contributed by atoms with Gasteiger partial charge in [-0.2, -0.15) is 0 Å². The molecule has 0 N–H and O–H groups in total. The predicted molar refractivity (Wildman–Crippen MR) is 225 cm³/mol. The first kappa shape index (κ1) is 32.2. The van der Waals surface area contributed by atoms with Crippen LogP contribution in [0.1, 0.15) is 0 Å². The highest BCUT2D eigenvalue weighted by Gasteiger charge is 2.25. The standard InChI is InChI=1S/C51H33N3O/c1-5-17-34(18-6-1)38-25-15-27-40(31-38)46-47-42-29-13-14-30-43(42)52-48(36-21-9-3-10-22-36)50(47)55-49(46)41-28-16-26-39(32-41)45-33-44(35-19-7-2-8-20-35)53-51(54-45)37-23-11-4-12-24-37/h1-33H. The fourth-order valence-electron chi connectivity index (χ4n) is 7.45. The van der Waals surface area contributed by atoms with E-state index in [1.54, 1.807) is 0 Å². The van der Waals surface area contributed by atoms with Crippen LogP contribution in [0.2, 0.25) is 0 Å². The fraction of sp³-hybridized carbons (Fsp3) is 0. The zero-order valence-corrected chi connectivity index (χ0v) is 29.8. The van der Waals surface area contributed by atoms with E-state index < -0.39 is 0 Å². The maximum absolute atomic E-state index is 7.16. The first-order chi connectivity index (χ1) is 27.3. The van der Waals surface area contributed by atoms with E-state index in [-0.39, 0.29) is 0 Å². The minimum Gasteiger partial charge on any atom is -0.453 e. The number of hydrogen-bond donors (Lipinski definition) is 0. The highest BCUT2D eigenvalue weighted by molar-refractivity contribution is 6.18. The molecule has 0 atom stereocenters. The Morgan fingerprint density at radius 3 is 1.56 bits per heavy atom. The number of hydrogen-bond acceptors (Lipinski definition) is 4. The average Bonchev–Trinajstić information content (AvgIpc) is 3.69. The normalized spacial score (nSPS) is 11.3. The van der Waals surface area contributed by atoms with Crippen LogP contribution < -0.4 is 0 Å². The van der Waals surface area contributed by atoms with Crippen LogP contribution in [0, 0.1) is 0 Å². The van der Waals surface area contributed by atoms with Gasteiger partial charge in [-0.3, -0.25) is 0 Å². The molecule has 0 unspecified atom stereocenters. The van der Waals surface area contributed by atoms with Gasteiger partial charge in [0, 0.05) is 44.2 Å². The van der Waals surface area contributed by atoms with Crippen molar-refractivity contribution in [2.75, 3.05) is 0 Å². The molecule has 0 saturated heterocycles. The fourth-order valence-corrected chi connectivity index (χ4v) is 7.45. The number of furan rings is 1. The van der Waals surface area contributed by atoms with E-state index in [2.05, 4.69) is 140 Å². The van der Waals surface area contributed by atoms with Gasteiger partial charge in [0.15, 0.2) is 11.4 Å². The second kappa shape index (κ2) is 13.8. The van der Waals surface area contributed by atoms with Crippen molar-refractivity contribution < 1.29 is 4.42 Å². The Kier molecular flexibility index (Phi) is 8.12. The van der Waals surface area contributed by atoms with Gasteiger partial charge in [0.1, 0.15) is 11.5 Å². The highest BCUT2D eigenvalue weighted by atomic mass is 16.3. The molecule has 0 radical (unpaired) electrons. The molecule has 3 heterocycles. The number of pyridine rings is 1. The summed E-state index contributed by atoms with van der Waals surface area (Å²) in [5, 5.41) is 2.08. The molecule has 10 aromatic rings. The molecule has 3 aromatic heterocycles. The molecule has 0 aliphatic carbocycles. The molecule has 7 aromatic carbocycles. The van der Waals surface area contributed by atoms with E-state index in [1.165, 1.54) is 0 Å². The van der Waals surface area contributed by atoms with Crippen molar-refractivity contribution in [3.8, 4) is 78.7 Å². The van der Waals surface area contributed by atoms with Gasteiger partial charge in [-0.15, -0.1) is 0 Å². The average molecular weight is 704 g/mol. The SMILES string of the molecule is c1ccc(-c2cccc(-c3c(-c4cccc(-c5cc(-c6ccccc6)nc(-c6ccccc6)n5)c4)oc4c(-c5ccccc5)nc5ccccc5c34)c2)cc1. The number of rotatable bonds is 7. The summed E-state index contributed by atoms with van der Waals surface area (Å²) in [6, 6.07) is 69.0. The first-order valence-electron chi connectivity index (χ1n) is 18.4. The molecule has 4 heteroatoms. The van der Waals surface area contributed by atoms with E-state index in [1.807, 2.05) is 60.7 Å².